The van der Waals surface area contributed by atoms with Gasteiger partial charge in [-0.25, -0.2) is 0 Å². The number of halogens is 1. The van der Waals surface area contributed by atoms with Crippen LogP contribution in [0.25, 0.3) is 0 Å². The first-order valence-corrected chi connectivity index (χ1v) is 7.68. The van der Waals surface area contributed by atoms with Gasteiger partial charge in [-0.05, 0) is 49.8 Å². The molecule has 21 heavy (non-hydrogen) atoms. The molecule has 1 aromatic carbocycles. The summed E-state index contributed by atoms with van der Waals surface area (Å²) in [6, 6.07) is 5.18. The molecule has 0 saturated heterocycles. The van der Waals surface area contributed by atoms with Gasteiger partial charge in [0.15, 0.2) is 0 Å². The summed E-state index contributed by atoms with van der Waals surface area (Å²) in [6.45, 7) is 2.02. The van der Waals surface area contributed by atoms with Crippen molar-refractivity contribution in [1.29, 1.82) is 0 Å². The number of amides is 1. The highest BCUT2D eigenvalue weighted by Gasteiger charge is 2.24. The number of nitrogens with one attached hydrogen (secondary N) is 1. The summed E-state index contributed by atoms with van der Waals surface area (Å²) >= 11 is 5.99. The van der Waals surface area contributed by atoms with Gasteiger partial charge in [0.25, 0.3) is 0 Å². The molecule has 112 valence electrons. The molecule has 0 aliphatic heterocycles. The van der Waals surface area contributed by atoms with Gasteiger partial charge in [-0.15, -0.1) is 0 Å². The topological polar surface area (TPSA) is 49.3 Å². The van der Waals surface area contributed by atoms with Crippen LogP contribution in [0.1, 0.15) is 38.2 Å². The molecule has 1 amide bonds. The minimum absolute atomic E-state index is 0.0382. The van der Waals surface area contributed by atoms with E-state index in [1.165, 1.54) is 0 Å². The molecule has 2 rings (SSSR count). The number of carbonyl (C=O) groups excluding carboxylic acids is 1. The van der Waals surface area contributed by atoms with Gasteiger partial charge in [0.1, 0.15) is 6.61 Å². The van der Waals surface area contributed by atoms with Crippen LogP contribution in [0.5, 0.6) is 0 Å². The molecule has 1 aliphatic rings. The fourth-order valence-electron chi connectivity index (χ4n) is 2.62. The molecular formula is C17H20ClNO2. The zero-order valence-electron chi connectivity index (χ0n) is 12.2. The van der Waals surface area contributed by atoms with Gasteiger partial charge < -0.3 is 10.4 Å². The van der Waals surface area contributed by atoms with Gasteiger partial charge >= 0.3 is 0 Å². The number of hydrogen-bond donors (Lipinski definition) is 2. The lowest BCUT2D eigenvalue weighted by Crippen LogP contribution is -2.26. The molecule has 1 aliphatic carbocycles. The molecule has 0 aromatic heterocycles. The van der Waals surface area contributed by atoms with Crippen LogP contribution in [-0.2, 0) is 4.79 Å². The maximum Gasteiger partial charge on any atom is 0.227 e. The Balaban J connectivity index is 2.11. The molecule has 0 unspecified atom stereocenters. The predicted octanol–water partition coefficient (Wildman–Crippen LogP) is 3.45. The van der Waals surface area contributed by atoms with Crippen molar-refractivity contribution in [3.63, 3.8) is 0 Å². The van der Waals surface area contributed by atoms with E-state index in [0.29, 0.717) is 22.2 Å². The average molecular weight is 306 g/mol. The van der Waals surface area contributed by atoms with Gasteiger partial charge in [-0.2, -0.15) is 0 Å². The molecule has 0 radical (unpaired) electrons. The number of aliphatic hydroxyl groups excluding tert-OH is 1. The van der Waals surface area contributed by atoms with Crippen LogP contribution in [0.15, 0.2) is 18.2 Å². The maximum atomic E-state index is 12.4. The lowest BCUT2D eigenvalue weighted by Gasteiger charge is -2.25. The summed E-state index contributed by atoms with van der Waals surface area (Å²) in [5.41, 5.74) is 1.29. The first-order valence-electron chi connectivity index (χ1n) is 7.30. The molecule has 0 heterocycles. The van der Waals surface area contributed by atoms with E-state index in [2.05, 4.69) is 24.1 Å². The molecule has 4 heteroatoms. The van der Waals surface area contributed by atoms with Crippen LogP contribution in [0.4, 0.5) is 5.69 Å². The van der Waals surface area contributed by atoms with Crippen molar-refractivity contribution in [3.05, 3.63) is 28.8 Å². The number of rotatable bonds is 2. The Bertz CT molecular complexity index is 566. The minimum Gasteiger partial charge on any atom is -0.384 e. The summed E-state index contributed by atoms with van der Waals surface area (Å²) in [7, 11) is 0. The summed E-state index contributed by atoms with van der Waals surface area (Å²) < 4.78 is 0. The van der Waals surface area contributed by atoms with Crippen molar-refractivity contribution in [1.82, 2.24) is 0 Å². The maximum absolute atomic E-state index is 12.4. The molecule has 1 fully saturated rings. The largest absolute Gasteiger partial charge is 0.384 e. The molecule has 1 aromatic rings. The van der Waals surface area contributed by atoms with Gasteiger partial charge in [0.2, 0.25) is 5.91 Å². The van der Waals surface area contributed by atoms with Gasteiger partial charge in [-0.3, -0.25) is 4.79 Å². The SMILES string of the molecule is CC1CCC(C(=O)Nc2cc(Cl)ccc2C#CCO)CC1. The standard InChI is InChI=1S/C17H20ClNO2/c1-12-4-6-14(7-5-12)17(21)19-16-11-15(18)9-8-13(16)3-2-10-20/h8-9,11-12,14,20H,4-7,10H2,1H3,(H,19,21). The summed E-state index contributed by atoms with van der Waals surface area (Å²) in [6.07, 6.45) is 4.08. The molecule has 1 saturated carbocycles. The predicted molar refractivity (Wildman–Crippen MR) is 85.2 cm³/mol. The fourth-order valence-corrected chi connectivity index (χ4v) is 2.79. The molecule has 0 spiro atoms. The number of anilines is 1. The lowest BCUT2D eigenvalue weighted by atomic mass is 9.82. The van der Waals surface area contributed by atoms with E-state index in [4.69, 9.17) is 16.7 Å². The van der Waals surface area contributed by atoms with Gasteiger partial charge in [0, 0.05) is 16.5 Å². The fraction of sp³-hybridized carbons (Fsp3) is 0.471. The second-order valence-electron chi connectivity index (χ2n) is 5.60. The van der Waals surface area contributed by atoms with Crippen molar-refractivity contribution in [2.45, 2.75) is 32.6 Å². The van der Waals surface area contributed by atoms with E-state index in [0.717, 1.165) is 25.7 Å². The zero-order valence-corrected chi connectivity index (χ0v) is 12.9. The Labute approximate surface area is 130 Å². The number of hydrogen-bond acceptors (Lipinski definition) is 2. The van der Waals surface area contributed by atoms with Crippen molar-refractivity contribution >= 4 is 23.2 Å². The third kappa shape index (κ3) is 4.49. The van der Waals surface area contributed by atoms with Crippen LogP contribution < -0.4 is 5.32 Å². The van der Waals surface area contributed by atoms with Crippen LogP contribution in [-0.4, -0.2) is 17.6 Å². The van der Waals surface area contributed by atoms with Crippen molar-refractivity contribution in [2.24, 2.45) is 11.8 Å². The zero-order chi connectivity index (χ0) is 15.2. The molecule has 2 N–H and O–H groups in total. The van der Waals surface area contributed by atoms with E-state index in [1.807, 2.05) is 0 Å². The van der Waals surface area contributed by atoms with E-state index in [1.54, 1.807) is 18.2 Å². The highest BCUT2D eigenvalue weighted by molar-refractivity contribution is 6.31. The Hall–Kier alpha value is -1.50. The number of carbonyl (C=O) groups is 1. The summed E-state index contributed by atoms with van der Waals surface area (Å²) in [5.74, 6) is 6.25. The Morgan fingerprint density at radius 2 is 2.10 bits per heavy atom. The summed E-state index contributed by atoms with van der Waals surface area (Å²) in [4.78, 5) is 12.4. The second kappa shape index (κ2) is 7.49. The van der Waals surface area contributed by atoms with Crippen molar-refractivity contribution < 1.29 is 9.90 Å². The van der Waals surface area contributed by atoms with E-state index < -0.39 is 0 Å². The van der Waals surface area contributed by atoms with E-state index in [9.17, 15) is 4.79 Å². The summed E-state index contributed by atoms with van der Waals surface area (Å²) in [5, 5.41) is 12.3. The minimum atomic E-state index is -0.212. The number of benzene rings is 1. The highest BCUT2D eigenvalue weighted by atomic mass is 35.5. The molecular weight excluding hydrogens is 286 g/mol. The third-order valence-corrected chi connectivity index (χ3v) is 4.16. The highest BCUT2D eigenvalue weighted by Crippen LogP contribution is 2.30. The molecule has 3 nitrogen and oxygen atoms in total. The van der Waals surface area contributed by atoms with E-state index >= 15 is 0 Å². The first kappa shape index (κ1) is 15.9. The van der Waals surface area contributed by atoms with Crippen LogP contribution in [0.3, 0.4) is 0 Å². The normalized spacial score (nSPS) is 21.3. The molecule has 0 atom stereocenters. The van der Waals surface area contributed by atoms with Gasteiger partial charge in [0.05, 0.1) is 5.69 Å². The van der Waals surface area contributed by atoms with Crippen molar-refractivity contribution in [2.75, 3.05) is 11.9 Å². The lowest BCUT2D eigenvalue weighted by molar-refractivity contribution is -0.121. The van der Waals surface area contributed by atoms with Crippen LogP contribution >= 0.6 is 11.6 Å². The van der Waals surface area contributed by atoms with Crippen LogP contribution in [0.2, 0.25) is 5.02 Å². The van der Waals surface area contributed by atoms with Crippen LogP contribution in [0, 0.1) is 23.7 Å². The smallest absolute Gasteiger partial charge is 0.227 e. The molecule has 0 bridgehead atoms. The quantitative estimate of drug-likeness (QED) is 0.822. The Kier molecular flexibility index (Phi) is 5.67. The first-order chi connectivity index (χ1) is 10.1. The third-order valence-electron chi connectivity index (χ3n) is 3.93. The van der Waals surface area contributed by atoms with Crippen molar-refractivity contribution in [3.8, 4) is 11.8 Å². The second-order valence-corrected chi connectivity index (χ2v) is 6.03. The Morgan fingerprint density at radius 3 is 2.76 bits per heavy atom. The monoisotopic (exact) mass is 305 g/mol. The number of aliphatic hydroxyl groups is 1. The van der Waals surface area contributed by atoms with E-state index in [-0.39, 0.29) is 18.4 Å². The average Bonchev–Trinajstić information content (AvgIpc) is 2.47. The van der Waals surface area contributed by atoms with Gasteiger partial charge in [-0.1, -0.05) is 30.4 Å². The Morgan fingerprint density at radius 1 is 1.38 bits per heavy atom.